The van der Waals surface area contributed by atoms with E-state index in [4.69, 9.17) is 11.8 Å². The lowest BCUT2D eigenvalue weighted by Gasteiger charge is -1.89. The molecule has 8 heavy (non-hydrogen) atoms. The third-order valence-electron chi connectivity index (χ3n) is 0.660. The Morgan fingerprint density at radius 2 is 2.38 bits per heavy atom. The molecule has 0 fully saturated rings. The fourth-order valence-electron chi connectivity index (χ4n) is 0.348. The Kier molecular flexibility index (Phi) is 1.64. The molecule has 0 saturated heterocycles. The Morgan fingerprint density at radius 1 is 1.50 bits per heavy atom. The maximum atomic E-state index is 5.17. The molecule has 1 heterocycles. The molecule has 3 nitrogen and oxygen atoms in total. The number of rotatable bonds is 1. The number of aromatic nitrogens is 2. The van der Waals surface area contributed by atoms with E-state index in [1.807, 2.05) is 0 Å². The van der Waals surface area contributed by atoms with Gasteiger partial charge in [-0.15, -0.1) is 0 Å². The number of anilines is 1. The molecule has 0 atom stereocenters. The van der Waals surface area contributed by atoms with Gasteiger partial charge in [0, 0.05) is 24.2 Å². The van der Waals surface area contributed by atoms with Crippen molar-refractivity contribution in [1.82, 2.24) is 9.97 Å². The summed E-state index contributed by atoms with van der Waals surface area (Å²) < 4.78 is 0. The first-order chi connectivity index (χ1) is 3.93. The van der Waals surface area contributed by atoms with Crippen LogP contribution >= 0.6 is 11.8 Å². The van der Waals surface area contributed by atoms with Crippen molar-refractivity contribution in [2.24, 2.45) is 0 Å². The highest BCUT2D eigenvalue weighted by Gasteiger charge is 1.82. The smallest absolute Gasteiger partial charge is 0.158 e. The van der Waals surface area contributed by atoms with Gasteiger partial charge in [0.25, 0.3) is 0 Å². The minimum absolute atomic E-state index is 0.564. The van der Waals surface area contributed by atoms with Gasteiger partial charge in [-0.2, -0.15) is 0 Å². The topological polar surface area (TPSA) is 37.8 Å². The van der Waals surface area contributed by atoms with Gasteiger partial charge in [0.15, 0.2) is 5.82 Å². The van der Waals surface area contributed by atoms with Crippen LogP contribution in [0.4, 0.5) is 5.82 Å². The molecule has 42 valence electrons. The van der Waals surface area contributed by atoms with Gasteiger partial charge in [-0.05, 0) is 0 Å². The lowest BCUT2D eigenvalue weighted by molar-refractivity contribution is 1.21. The Hall–Kier alpha value is -0.830. The summed E-state index contributed by atoms with van der Waals surface area (Å²) in [6.07, 6.45) is 4.68. The van der Waals surface area contributed by atoms with Crippen LogP contribution in [0.3, 0.4) is 0 Å². The first kappa shape index (κ1) is 5.31. The zero-order valence-corrected chi connectivity index (χ0v) is 4.76. The van der Waals surface area contributed by atoms with Crippen molar-refractivity contribution >= 4 is 17.6 Å². The standard InChI is InChI=1S/C4H4ClN3/c5-8-4-3-6-1-2-7-4/h1-3H,(H,7,8). The van der Waals surface area contributed by atoms with Crippen LogP contribution in [-0.4, -0.2) is 9.97 Å². The van der Waals surface area contributed by atoms with Crippen LogP contribution in [-0.2, 0) is 0 Å². The highest BCUT2D eigenvalue weighted by atomic mass is 35.5. The van der Waals surface area contributed by atoms with Crippen LogP contribution in [0.25, 0.3) is 0 Å². The summed E-state index contributed by atoms with van der Waals surface area (Å²) in [5, 5.41) is 0. The molecule has 0 unspecified atom stereocenters. The summed E-state index contributed by atoms with van der Waals surface area (Å²) in [7, 11) is 0. The van der Waals surface area contributed by atoms with E-state index in [0.29, 0.717) is 5.82 Å². The molecule has 0 aliphatic rings. The van der Waals surface area contributed by atoms with Crippen LogP contribution in [0.5, 0.6) is 0 Å². The highest BCUT2D eigenvalue weighted by molar-refractivity contribution is 6.23. The molecule has 0 aliphatic carbocycles. The van der Waals surface area contributed by atoms with Gasteiger partial charge >= 0.3 is 0 Å². The zero-order valence-electron chi connectivity index (χ0n) is 4.00. The third-order valence-corrected chi connectivity index (χ3v) is 0.854. The van der Waals surface area contributed by atoms with E-state index in [-0.39, 0.29) is 0 Å². The largest absolute Gasteiger partial charge is 0.281 e. The van der Waals surface area contributed by atoms with Crippen LogP contribution < -0.4 is 4.84 Å². The average molecular weight is 130 g/mol. The number of nitrogens with one attached hydrogen (secondary N) is 1. The van der Waals surface area contributed by atoms with Gasteiger partial charge in [-0.1, -0.05) is 0 Å². The SMILES string of the molecule is ClNc1cnccn1. The minimum atomic E-state index is 0.564. The second-order valence-electron chi connectivity index (χ2n) is 1.19. The molecule has 0 spiro atoms. The molecule has 1 N–H and O–H groups in total. The minimum Gasteiger partial charge on any atom is -0.281 e. The van der Waals surface area contributed by atoms with Crippen molar-refractivity contribution in [2.45, 2.75) is 0 Å². The lowest BCUT2D eigenvalue weighted by Crippen LogP contribution is -1.83. The summed E-state index contributed by atoms with van der Waals surface area (Å²) in [6, 6.07) is 0. The van der Waals surface area contributed by atoms with Crippen molar-refractivity contribution in [1.29, 1.82) is 0 Å². The number of hydrogen-bond donors (Lipinski definition) is 1. The van der Waals surface area contributed by atoms with Crippen molar-refractivity contribution in [3.8, 4) is 0 Å². The molecular weight excluding hydrogens is 126 g/mol. The van der Waals surface area contributed by atoms with E-state index < -0.39 is 0 Å². The summed E-state index contributed by atoms with van der Waals surface area (Å²) >= 11 is 5.17. The van der Waals surface area contributed by atoms with Crippen molar-refractivity contribution < 1.29 is 0 Å². The average Bonchev–Trinajstić information content (AvgIpc) is 1.90. The Balaban J connectivity index is 2.83. The predicted octanol–water partition coefficient (Wildman–Crippen LogP) is 1.04. The van der Waals surface area contributed by atoms with Gasteiger partial charge in [-0.3, -0.25) is 9.82 Å². The second kappa shape index (κ2) is 2.47. The molecule has 1 rings (SSSR count). The van der Waals surface area contributed by atoms with E-state index in [1.54, 1.807) is 12.4 Å². The maximum absolute atomic E-state index is 5.17. The Morgan fingerprint density at radius 3 is 2.75 bits per heavy atom. The zero-order chi connectivity index (χ0) is 5.82. The van der Waals surface area contributed by atoms with Gasteiger partial charge in [0.1, 0.15) is 0 Å². The molecule has 4 heteroatoms. The summed E-state index contributed by atoms with van der Waals surface area (Å²) in [4.78, 5) is 9.86. The molecule has 1 aromatic heterocycles. The first-order valence-corrected chi connectivity index (χ1v) is 2.44. The molecule has 0 aliphatic heterocycles. The molecule has 0 aromatic carbocycles. The van der Waals surface area contributed by atoms with Crippen molar-refractivity contribution in [3.63, 3.8) is 0 Å². The quantitative estimate of drug-likeness (QED) is 0.576. The highest BCUT2D eigenvalue weighted by Crippen LogP contribution is 1.96. The maximum Gasteiger partial charge on any atom is 0.158 e. The Labute approximate surface area is 51.8 Å². The molecular formula is C4H4ClN3. The van der Waals surface area contributed by atoms with E-state index in [0.717, 1.165) is 0 Å². The van der Waals surface area contributed by atoms with Gasteiger partial charge in [0.2, 0.25) is 0 Å². The first-order valence-electron chi connectivity index (χ1n) is 2.06. The van der Waals surface area contributed by atoms with Crippen LogP contribution in [0, 0.1) is 0 Å². The molecule has 0 bridgehead atoms. The van der Waals surface area contributed by atoms with E-state index in [1.165, 1.54) is 6.20 Å². The van der Waals surface area contributed by atoms with E-state index >= 15 is 0 Å². The van der Waals surface area contributed by atoms with Crippen LogP contribution in [0.2, 0.25) is 0 Å². The molecule has 0 radical (unpaired) electrons. The second-order valence-corrected chi connectivity index (χ2v) is 1.37. The van der Waals surface area contributed by atoms with Crippen molar-refractivity contribution in [3.05, 3.63) is 18.6 Å². The van der Waals surface area contributed by atoms with Crippen LogP contribution in [0.1, 0.15) is 0 Å². The van der Waals surface area contributed by atoms with E-state index in [9.17, 15) is 0 Å². The normalized spacial score (nSPS) is 8.62. The fraction of sp³-hybridized carbons (Fsp3) is 0. The van der Waals surface area contributed by atoms with Gasteiger partial charge in [-0.25, -0.2) is 4.98 Å². The Bertz CT molecular complexity index is 153. The molecule has 1 aromatic rings. The summed E-state index contributed by atoms with van der Waals surface area (Å²) in [5.41, 5.74) is 0. The number of halogens is 1. The molecule has 0 amide bonds. The van der Waals surface area contributed by atoms with E-state index in [2.05, 4.69) is 14.8 Å². The lowest BCUT2D eigenvalue weighted by atomic mass is 10.7. The fourth-order valence-corrected chi connectivity index (χ4v) is 0.445. The molecule has 0 saturated carbocycles. The summed E-state index contributed by atoms with van der Waals surface area (Å²) in [6.45, 7) is 0. The third kappa shape index (κ3) is 1.07. The van der Waals surface area contributed by atoms with Gasteiger partial charge in [0.05, 0.1) is 6.20 Å². The predicted molar refractivity (Wildman–Crippen MR) is 31.5 cm³/mol. The number of hydrogen-bond acceptors (Lipinski definition) is 3. The van der Waals surface area contributed by atoms with Gasteiger partial charge < -0.3 is 0 Å². The monoisotopic (exact) mass is 129 g/mol. The number of nitrogens with zero attached hydrogens (tertiary/aromatic N) is 2. The van der Waals surface area contributed by atoms with Crippen LogP contribution in [0.15, 0.2) is 18.6 Å². The van der Waals surface area contributed by atoms with Crippen molar-refractivity contribution in [2.75, 3.05) is 4.84 Å². The summed E-state index contributed by atoms with van der Waals surface area (Å²) in [5.74, 6) is 0.564.